The number of hydrogen-bond donors (Lipinski definition) is 4. The van der Waals surface area contributed by atoms with Crippen LogP contribution in [0.25, 0.3) is 22.5 Å². The molecule has 2 saturated heterocycles. The van der Waals surface area contributed by atoms with Crippen LogP contribution in [0.15, 0.2) is 60.9 Å². The van der Waals surface area contributed by atoms with Crippen LogP contribution in [-0.4, -0.2) is 124 Å². The first-order chi connectivity index (χ1) is 34.2. The second kappa shape index (κ2) is 24.8. The lowest BCUT2D eigenvalue weighted by atomic mass is 10.0. The number of H-pyrrole nitrogens is 1. The summed E-state index contributed by atoms with van der Waals surface area (Å²) in [5.74, 6) is 7.60. The number of nitrogens with zero attached hydrogens (tertiary/aromatic N) is 5. The summed E-state index contributed by atoms with van der Waals surface area (Å²) < 4.78 is 26.6. The molecule has 2 fully saturated rings. The number of methoxy groups -OCH3 is 2. The van der Waals surface area contributed by atoms with E-state index in [0.717, 1.165) is 64.4 Å². The van der Waals surface area contributed by atoms with Crippen molar-refractivity contribution in [3.63, 3.8) is 0 Å². The predicted molar refractivity (Wildman–Crippen MR) is 283 cm³/mol. The number of ether oxygens (including phenoxy) is 4. The van der Waals surface area contributed by atoms with Crippen molar-refractivity contribution in [2.45, 2.75) is 130 Å². The number of rotatable bonds is 20. The molecule has 4 amide bonds. The van der Waals surface area contributed by atoms with Crippen LogP contribution < -0.4 is 20.5 Å². The lowest BCUT2D eigenvalue weighted by molar-refractivity contribution is -0.730. The fourth-order valence-corrected chi connectivity index (χ4v) is 10.4. The Morgan fingerprint density at radius 2 is 1.31 bits per heavy atom. The first-order valence-corrected chi connectivity index (χ1v) is 32.7. The van der Waals surface area contributed by atoms with Crippen molar-refractivity contribution in [1.29, 1.82) is 0 Å². The van der Waals surface area contributed by atoms with E-state index in [4.69, 9.17) is 23.9 Å². The molecule has 0 spiro atoms. The molecule has 4 atom stereocenters. The summed E-state index contributed by atoms with van der Waals surface area (Å²) in [4.78, 5) is 64.5. The van der Waals surface area contributed by atoms with Gasteiger partial charge in [-0.25, -0.2) is 24.1 Å². The van der Waals surface area contributed by atoms with Crippen LogP contribution in [-0.2, 0) is 42.0 Å². The van der Waals surface area contributed by atoms with E-state index in [2.05, 4.69) is 93.3 Å². The van der Waals surface area contributed by atoms with Crippen LogP contribution in [0.2, 0.25) is 51.4 Å². The van der Waals surface area contributed by atoms with Crippen LogP contribution in [0.1, 0.15) is 75.4 Å². The summed E-state index contributed by atoms with van der Waals surface area (Å²) in [5.41, 5.74) is 5.39. The zero-order valence-corrected chi connectivity index (χ0v) is 46.5. The van der Waals surface area contributed by atoms with Crippen molar-refractivity contribution in [3.05, 3.63) is 83.7 Å². The van der Waals surface area contributed by atoms with E-state index < -0.39 is 46.5 Å². The third kappa shape index (κ3) is 14.5. The van der Waals surface area contributed by atoms with E-state index in [1.54, 1.807) is 4.90 Å². The van der Waals surface area contributed by atoms with Crippen molar-refractivity contribution in [2.75, 3.05) is 47.2 Å². The quantitative estimate of drug-likeness (QED) is 0.0296. The molecule has 0 saturated carbocycles. The van der Waals surface area contributed by atoms with Gasteiger partial charge in [0.25, 0.3) is 5.82 Å². The maximum absolute atomic E-state index is 14.0. The Balaban J connectivity index is 1.23. The fraction of sp³-hybridized carbons (Fsp3) is 0.547. The van der Waals surface area contributed by atoms with Gasteiger partial charge in [-0.05, 0) is 78.7 Å². The Bertz CT molecular complexity index is 2370. The van der Waals surface area contributed by atoms with Crippen molar-refractivity contribution < 1.29 is 42.7 Å². The summed E-state index contributed by atoms with van der Waals surface area (Å²) in [5, 5.41) is 8.82. The number of carbonyl (C=O) groups is 4. The first kappa shape index (κ1) is 55.5. The maximum Gasteiger partial charge on any atom is 0.407 e. The molecule has 17 nitrogen and oxygen atoms in total. The van der Waals surface area contributed by atoms with Crippen LogP contribution in [0, 0.1) is 23.7 Å². The van der Waals surface area contributed by atoms with E-state index in [0.29, 0.717) is 45.5 Å². The van der Waals surface area contributed by atoms with E-state index in [1.807, 2.05) is 81.4 Å². The van der Waals surface area contributed by atoms with Gasteiger partial charge in [0.15, 0.2) is 12.4 Å². The Morgan fingerprint density at radius 3 is 1.85 bits per heavy atom. The van der Waals surface area contributed by atoms with Gasteiger partial charge in [-0.2, -0.15) is 0 Å². The highest BCUT2D eigenvalue weighted by Crippen LogP contribution is 2.33. The van der Waals surface area contributed by atoms with Crippen LogP contribution in [0.3, 0.4) is 0 Å². The Hall–Kier alpha value is -5.79. The first-order valence-electron chi connectivity index (χ1n) is 25.2. The number of nitrogens with one attached hydrogen (secondary N) is 4. The van der Waals surface area contributed by atoms with Gasteiger partial charge in [-0.1, -0.05) is 91.0 Å². The number of alkyl carbamates (subject to hydrolysis) is 2. The lowest BCUT2D eigenvalue weighted by Crippen LogP contribution is -2.52. The minimum Gasteiger partial charge on any atom is -0.453 e. The summed E-state index contributed by atoms with van der Waals surface area (Å²) in [6, 6.07) is 16.1. The van der Waals surface area contributed by atoms with Crippen molar-refractivity contribution >= 4 is 40.1 Å². The molecule has 390 valence electrons. The summed E-state index contributed by atoms with van der Waals surface area (Å²) >= 11 is 0. The van der Waals surface area contributed by atoms with Crippen molar-refractivity contribution in [3.8, 4) is 34.4 Å². The third-order valence-electron chi connectivity index (χ3n) is 13.2. The van der Waals surface area contributed by atoms with Gasteiger partial charge >= 0.3 is 12.2 Å². The molecule has 0 aliphatic carbocycles. The second-order valence-electron chi connectivity index (χ2n) is 21.9. The van der Waals surface area contributed by atoms with E-state index in [1.165, 1.54) is 14.2 Å². The SMILES string of the molecule is COC(=O)N[C@H](C(=O)N1CNC[C@H]1c1ncc(-c2ccc(C#Cc3ccc(-c4c[nH]c([C@@H]5CCCN5C(=O)[C@@H](NC(=O)OC)C(C)C)[n+]4COCC[Si](C)(C)C)cc3)cc2)n1COCC[Si](C)(C)C)C(C)C. The largest absolute Gasteiger partial charge is 0.453 e. The molecule has 6 rings (SSSR count). The monoisotopic (exact) mass is 1020 g/mol. The Labute approximate surface area is 428 Å². The highest BCUT2D eigenvalue weighted by molar-refractivity contribution is 6.76. The number of likely N-dealkylation sites (tertiary alicyclic amines) is 1. The molecule has 72 heavy (non-hydrogen) atoms. The molecular weight excluding hydrogens is 947 g/mol. The molecule has 4 aromatic rings. The van der Waals surface area contributed by atoms with E-state index in [-0.39, 0.29) is 36.4 Å². The number of hydrogen-bond acceptors (Lipinski definition) is 10. The third-order valence-corrected chi connectivity index (χ3v) is 16.6. The molecule has 4 N–H and O–H groups in total. The molecule has 0 radical (unpaired) electrons. The minimum absolute atomic E-state index is 0.134. The van der Waals surface area contributed by atoms with E-state index in [9.17, 15) is 19.2 Å². The van der Waals surface area contributed by atoms with Gasteiger partial charge in [0, 0.05) is 59.1 Å². The average Bonchev–Trinajstić information content (AvgIpc) is 4.18. The smallest absolute Gasteiger partial charge is 0.407 e. The minimum atomic E-state index is -1.35. The molecule has 19 heteroatoms. The molecule has 2 aliphatic heterocycles. The molecule has 0 unspecified atom stereocenters. The molecule has 4 heterocycles. The van der Waals surface area contributed by atoms with Crippen LogP contribution in [0.4, 0.5) is 9.59 Å². The number of amides is 4. The molecular formula is C53H78N9O8Si2+. The predicted octanol–water partition coefficient (Wildman–Crippen LogP) is 7.71. The van der Waals surface area contributed by atoms with Crippen molar-refractivity contribution in [2.24, 2.45) is 11.8 Å². The molecule has 0 bridgehead atoms. The van der Waals surface area contributed by atoms with Gasteiger partial charge < -0.3 is 43.9 Å². The summed E-state index contributed by atoms with van der Waals surface area (Å²) in [7, 11) is -0.0998. The number of imidazole rings is 2. The highest BCUT2D eigenvalue weighted by Gasteiger charge is 2.42. The summed E-state index contributed by atoms with van der Waals surface area (Å²) in [6.45, 7) is 24.8. The van der Waals surface area contributed by atoms with Crippen molar-refractivity contribution in [1.82, 2.24) is 40.3 Å². The van der Waals surface area contributed by atoms with Crippen LogP contribution >= 0.6 is 0 Å². The molecule has 2 aliphatic rings. The second-order valence-corrected chi connectivity index (χ2v) is 33.1. The molecule has 2 aromatic heterocycles. The standard InChI is InChI=1S/C53H77N9O8Si2/c1-36(2)46(57-52(65)67-5)50(63)59-25-13-14-42(59)48-55-31-43(61(48)34-69-26-28-71(7,8)9)40-21-17-38(18-22-40)15-16-39-19-23-41(24-20-39)44-32-56-49(62(44)35-70-27-29-72(10,11)12)45-30-54-33-60(45)51(64)47(37(3)4)58-53(66)68-6/h17-24,31-32,36-37,42,45-47,54H,13-14,25-30,33-35H2,1-12H3,(H2,57,58,65,66)/p+1/t42-,45-,46-,47-/m0/s1. The van der Waals surface area contributed by atoms with E-state index >= 15 is 0 Å². The number of aromatic amines is 1. The van der Waals surface area contributed by atoms with Gasteiger partial charge in [0.05, 0.1) is 32.8 Å². The number of aromatic nitrogens is 4. The number of benzene rings is 2. The van der Waals surface area contributed by atoms with Gasteiger partial charge in [-0.3, -0.25) is 14.9 Å². The van der Waals surface area contributed by atoms with Gasteiger partial charge in [0.1, 0.15) is 42.9 Å². The molecule has 2 aromatic carbocycles. The Morgan fingerprint density at radius 1 is 0.764 bits per heavy atom. The topological polar surface area (TPSA) is 185 Å². The Kier molecular flexibility index (Phi) is 19.1. The van der Waals surface area contributed by atoms with Gasteiger partial charge in [0.2, 0.25) is 11.8 Å². The fourth-order valence-electron chi connectivity index (χ4n) is 8.84. The highest BCUT2D eigenvalue weighted by atomic mass is 28.3. The lowest BCUT2D eigenvalue weighted by Gasteiger charge is -2.30. The number of carbonyl (C=O) groups excluding carboxylic acids is 4. The van der Waals surface area contributed by atoms with Gasteiger partial charge in [-0.15, -0.1) is 0 Å². The average molecular weight is 1030 g/mol. The zero-order chi connectivity index (χ0) is 52.3. The van der Waals surface area contributed by atoms with Crippen LogP contribution in [0.5, 0.6) is 0 Å². The normalized spacial score (nSPS) is 16.9. The zero-order valence-electron chi connectivity index (χ0n) is 44.5. The summed E-state index contributed by atoms with van der Waals surface area (Å²) in [6.07, 6.45) is 4.14. The maximum atomic E-state index is 14.0.